The van der Waals surface area contributed by atoms with E-state index in [2.05, 4.69) is 20.2 Å². The molecule has 1 amide bonds. The number of hydrogen-bond acceptors (Lipinski definition) is 6. The van der Waals surface area contributed by atoms with Crippen LogP contribution < -0.4 is 5.32 Å². The second-order valence-corrected chi connectivity index (χ2v) is 8.72. The molecule has 0 spiro atoms. The van der Waals surface area contributed by atoms with Gasteiger partial charge in [-0.05, 0) is 47.5 Å². The number of ether oxygens (including phenoxy) is 1. The van der Waals surface area contributed by atoms with Gasteiger partial charge in [-0.25, -0.2) is 4.79 Å². The van der Waals surface area contributed by atoms with Crippen LogP contribution in [0.5, 0.6) is 0 Å². The predicted molar refractivity (Wildman–Crippen MR) is 141 cm³/mol. The summed E-state index contributed by atoms with van der Waals surface area (Å²) in [6.07, 6.45) is 3.94. The Hall–Kier alpha value is -4.36. The van der Waals surface area contributed by atoms with Gasteiger partial charge in [-0.1, -0.05) is 54.6 Å². The van der Waals surface area contributed by atoms with Crippen molar-refractivity contribution in [1.82, 2.24) is 20.2 Å². The number of hydrogen-bond donors (Lipinski definition) is 1. The number of carbonyl (C=O) groups is 2. The quantitative estimate of drug-likeness (QED) is 0.315. The average Bonchev–Trinajstić information content (AvgIpc) is 2.94. The van der Waals surface area contributed by atoms with Gasteiger partial charge in [-0.2, -0.15) is 0 Å². The molecule has 4 rings (SSSR count). The number of pyridine rings is 2. The summed E-state index contributed by atoms with van der Waals surface area (Å²) in [5, 5.41) is 2.82. The summed E-state index contributed by atoms with van der Waals surface area (Å²) in [6, 6.07) is 28.0. The van der Waals surface area contributed by atoms with Crippen molar-refractivity contribution in [3.8, 4) is 0 Å². The van der Waals surface area contributed by atoms with E-state index in [1.54, 1.807) is 24.5 Å². The van der Waals surface area contributed by atoms with Crippen molar-refractivity contribution in [2.45, 2.75) is 32.1 Å². The van der Waals surface area contributed by atoms with Crippen LogP contribution in [0.2, 0.25) is 0 Å². The van der Waals surface area contributed by atoms with Crippen LogP contribution in [0.25, 0.3) is 0 Å². The summed E-state index contributed by atoms with van der Waals surface area (Å²) in [7, 11) is 1.32. The topological polar surface area (TPSA) is 84.4 Å². The largest absolute Gasteiger partial charge is 0.467 e. The third-order valence-corrected chi connectivity index (χ3v) is 5.92. The van der Waals surface area contributed by atoms with E-state index in [9.17, 15) is 9.59 Å². The Balaban J connectivity index is 1.43. The molecule has 0 aliphatic rings. The molecule has 0 saturated carbocycles. The van der Waals surface area contributed by atoms with Crippen LogP contribution in [0, 0.1) is 0 Å². The van der Waals surface area contributed by atoms with E-state index in [-0.39, 0.29) is 5.91 Å². The first kappa shape index (κ1) is 25.7. The molecule has 37 heavy (non-hydrogen) atoms. The van der Waals surface area contributed by atoms with Crippen molar-refractivity contribution >= 4 is 11.9 Å². The van der Waals surface area contributed by atoms with Crippen molar-refractivity contribution in [1.29, 1.82) is 0 Å². The molecule has 1 N–H and O–H groups in total. The van der Waals surface area contributed by atoms with E-state index in [0.717, 1.165) is 22.5 Å². The standard InChI is InChI=1S/C30H30N4O3/c1-37-30(36)28(19-23-9-3-2-4-10-23)33-29(35)25-15-13-24(14-16-25)20-34(21-26-11-5-7-17-31-26)22-27-12-6-8-18-32-27/h2-18,28H,19-22H2,1H3,(H,33,35)/t28-/m0/s1. The molecule has 7 nitrogen and oxygen atoms in total. The number of nitrogens with zero attached hydrogens (tertiary/aromatic N) is 3. The van der Waals surface area contributed by atoms with Crippen LogP contribution in [0.4, 0.5) is 0 Å². The molecule has 0 aliphatic carbocycles. The highest BCUT2D eigenvalue weighted by molar-refractivity contribution is 5.96. The first-order chi connectivity index (χ1) is 18.1. The van der Waals surface area contributed by atoms with Crippen LogP contribution >= 0.6 is 0 Å². The molecule has 0 radical (unpaired) electrons. The van der Waals surface area contributed by atoms with Crippen molar-refractivity contribution in [2.24, 2.45) is 0 Å². The van der Waals surface area contributed by atoms with E-state index in [1.165, 1.54) is 7.11 Å². The number of esters is 1. The van der Waals surface area contributed by atoms with Gasteiger partial charge < -0.3 is 10.1 Å². The summed E-state index contributed by atoms with van der Waals surface area (Å²) in [4.78, 5) is 36.4. The number of methoxy groups -OCH3 is 1. The van der Waals surface area contributed by atoms with E-state index < -0.39 is 12.0 Å². The molecule has 4 aromatic rings. The molecule has 2 aromatic carbocycles. The summed E-state index contributed by atoms with van der Waals surface area (Å²) >= 11 is 0. The van der Waals surface area contributed by atoms with Gasteiger partial charge in [0.05, 0.1) is 18.5 Å². The van der Waals surface area contributed by atoms with E-state index >= 15 is 0 Å². The molecular weight excluding hydrogens is 464 g/mol. The van der Waals surface area contributed by atoms with Crippen molar-refractivity contribution in [3.05, 3.63) is 131 Å². The molecule has 2 heterocycles. The molecular formula is C30H30N4O3. The lowest BCUT2D eigenvalue weighted by Crippen LogP contribution is -2.43. The van der Waals surface area contributed by atoms with Crippen LogP contribution in [0.1, 0.15) is 32.9 Å². The minimum Gasteiger partial charge on any atom is -0.467 e. The van der Waals surface area contributed by atoms with Gasteiger partial charge in [-0.3, -0.25) is 19.7 Å². The fraction of sp³-hybridized carbons (Fsp3) is 0.200. The lowest BCUT2D eigenvalue weighted by atomic mass is 10.0. The van der Waals surface area contributed by atoms with E-state index in [1.807, 2.05) is 78.9 Å². The fourth-order valence-electron chi connectivity index (χ4n) is 4.06. The monoisotopic (exact) mass is 494 g/mol. The zero-order chi connectivity index (χ0) is 25.9. The van der Waals surface area contributed by atoms with Gasteiger partial charge in [0.15, 0.2) is 0 Å². The Bertz CT molecular complexity index is 1230. The molecule has 0 unspecified atom stereocenters. The van der Waals surface area contributed by atoms with Crippen LogP contribution in [-0.2, 0) is 35.6 Å². The number of benzene rings is 2. The third kappa shape index (κ3) is 7.81. The van der Waals surface area contributed by atoms with Crippen LogP contribution in [0.3, 0.4) is 0 Å². The number of nitrogens with one attached hydrogen (secondary N) is 1. The summed E-state index contributed by atoms with van der Waals surface area (Å²) < 4.78 is 4.91. The van der Waals surface area contributed by atoms with Crippen LogP contribution in [0.15, 0.2) is 103 Å². The van der Waals surface area contributed by atoms with Gasteiger partial charge in [0.25, 0.3) is 5.91 Å². The molecule has 2 aromatic heterocycles. The van der Waals surface area contributed by atoms with Crippen LogP contribution in [-0.4, -0.2) is 39.9 Å². The minimum absolute atomic E-state index is 0.322. The maximum atomic E-state index is 12.9. The Morgan fingerprint density at radius 2 is 1.35 bits per heavy atom. The van der Waals surface area contributed by atoms with Gasteiger partial charge in [-0.15, -0.1) is 0 Å². The highest BCUT2D eigenvalue weighted by atomic mass is 16.5. The lowest BCUT2D eigenvalue weighted by molar-refractivity contribution is -0.142. The Morgan fingerprint density at radius 1 is 0.757 bits per heavy atom. The molecule has 188 valence electrons. The van der Waals surface area contributed by atoms with Crippen molar-refractivity contribution in [3.63, 3.8) is 0 Å². The van der Waals surface area contributed by atoms with Crippen molar-refractivity contribution < 1.29 is 14.3 Å². The number of carbonyl (C=O) groups excluding carboxylic acids is 2. The Kier molecular flexibility index (Phi) is 9.10. The molecule has 0 aliphatic heterocycles. The van der Waals surface area contributed by atoms with Gasteiger partial charge >= 0.3 is 5.97 Å². The molecule has 0 bridgehead atoms. The first-order valence-corrected chi connectivity index (χ1v) is 12.1. The van der Waals surface area contributed by atoms with Gasteiger partial charge in [0.1, 0.15) is 6.04 Å². The number of amides is 1. The van der Waals surface area contributed by atoms with Gasteiger partial charge in [0, 0.05) is 44.0 Å². The highest BCUT2D eigenvalue weighted by Gasteiger charge is 2.22. The predicted octanol–water partition coefficient (Wildman–Crippen LogP) is 4.19. The summed E-state index contributed by atoms with van der Waals surface area (Å²) in [6.45, 7) is 1.99. The molecule has 0 fully saturated rings. The maximum Gasteiger partial charge on any atom is 0.328 e. The SMILES string of the molecule is COC(=O)[C@H](Cc1ccccc1)NC(=O)c1ccc(CN(Cc2ccccn2)Cc2ccccn2)cc1. The zero-order valence-electron chi connectivity index (χ0n) is 20.8. The smallest absolute Gasteiger partial charge is 0.328 e. The lowest BCUT2D eigenvalue weighted by Gasteiger charge is -2.22. The molecule has 0 saturated heterocycles. The Labute approximate surface area is 217 Å². The second-order valence-electron chi connectivity index (χ2n) is 8.72. The molecule has 1 atom stereocenters. The number of rotatable bonds is 11. The van der Waals surface area contributed by atoms with Crippen molar-refractivity contribution in [2.75, 3.05) is 7.11 Å². The van der Waals surface area contributed by atoms with E-state index in [4.69, 9.17) is 4.74 Å². The fourth-order valence-corrected chi connectivity index (χ4v) is 4.06. The Morgan fingerprint density at radius 3 is 1.89 bits per heavy atom. The first-order valence-electron chi connectivity index (χ1n) is 12.1. The normalized spacial score (nSPS) is 11.6. The summed E-state index contributed by atoms with van der Waals surface area (Å²) in [5.41, 5.74) is 4.42. The average molecular weight is 495 g/mol. The highest BCUT2D eigenvalue weighted by Crippen LogP contribution is 2.14. The summed E-state index contributed by atoms with van der Waals surface area (Å²) in [5.74, 6) is -0.801. The van der Waals surface area contributed by atoms with Gasteiger partial charge in [0.2, 0.25) is 0 Å². The maximum absolute atomic E-state index is 12.9. The molecule has 7 heteroatoms. The van der Waals surface area contributed by atoms with E-state index in [0.29, 0.717) is 31.6 Å². The number of aromatic nitrogens is 2. The minimum atomic E-state index is -0.771. The third-order valence-electron chi connectivity index (χ3n) is 5.92. The second kappa shape index (κ2) is 13.1. The zero-order valence-corrected chi connectivity index (χ0v) is 20.8.